The molecular weight excluding hydrogens is 518 g/mol. The molecule has 0 aliphatic carbocycles. The molecule has 35 heavy (non-hydrogen) atoms. The molecule has 0 bridgehead atoms. The summed E-state index contributed by atoms with van der Waals surface area (Å²) < 4.78 is 68.6. The first-order chi connectivity index (χ1) is 16.8. The van der Waals surface area contributed by atoms with Crippen molar-refractivity contribution in [1.82, 2.24) is 9.97 Å². The van der Waals surface area contributed by atoms with Gasteiger partial charge in [-0.25, -0.2) is 27.2 Å². The first-order valence-corrected chi connectivity index (χ1v) is 13.8. The maximum Gasteiger partial charge on any atom is 0.189 e. The van der Waals surface area contributed by atoms with E-state index in [0.29, 0.717) is 17.2 Å². The quantitative estimate of drug-likeness (QED) is 0.321. The molecule has 3 atom stereocenters. The molecule has 2 aromatic carbocycles. The lowest BCUT2D eigenvalue weighted by atomic mass is 9.75. The van der Waals surface area contributed by atoms with Crippen LogP contribution in [0.4, 0.5) is 8.78 Å². The third kappa shape index (κ3) is 4.20. The number of ether oxygens (including phenoxy) is 2. The fourth-order valence-electron chi connectivity index (χ4n) is 4.98. The smallest absolute Gasteiger partial charge is 0.189 e. The van der Waals surface area contributed by atoms with Crippen LogP contribution in [-0.4, -0.2) is 43.5 Å². The summed E-state index contributed by atoms with van der Waals surface area (Å²) in [5, 5.41) is 1.14. The van der Waals surface area contributed by atoms with Crippen molar-refractivity contribution >= 4 is 33.2 Å². The van der Waals surface area contributed by atoms with E-state index in [0.717, 1.165) is 17.2 Å². The van der Waals surface area contributed by atoms with Crippen molar-refractivity contribution in [2.75, 3.05) is 19.0 Å². The predicted octanol–water partition coefficient (Wildman–Crippen LogP) is 5.06. The van der Waals surface area contributed by atoms with Gasteiger partial charge in [0.15, 0.2) is 21.4 Å². The largest absolute Gasteiger partial charge is 0.490 e. The van der Waals surface area contributed by atoms with Crippen molar-refractivity contribution in [3.05, 3.63) is 77.2 Å². The third-order valence-electron chi connectivity index (χ3n) is 6.55. The van der Waals surface area contributed by atoms with Gasteiger partial charge in [0.1, 0.15) is 16.9 Å². The molecule has 184 valence electrons. The monoisotopic (exact) mass is 538 g/mol. The normalized spacial score (nSPS) is 23.7. The summed E-state index contributed by atoms with van der Waals surface area (Å²) in [5.74, 6) is -2.15. The van der Waals surface area contributed by atoms with Crippen molar-refractivity contribution in [1.29, 1.82) is 0 Å². The summed E-state index contributed by atoms with van der Waals surface area (Å²) in [4.78, 5) is 8.07. The van der Waals surface area contributed by atoms with Crippen molar-refractivity contribution in [2.45, 2.75) is 33.6 Å². The number of fused-ring (bicyclic) bond motifs is 3. The zero-order valence-corrected chi connectivity index (χ0v) is 20.8. The first-order valence-electron chi connectivity index (χ1n) is 11.0. The highest BCUT2D eigenvalue weighted by Crippen LogP contribution is 2.56. The summed E-state index contributed by atoms with van der Waals surface area (Å²) in [5.41, 5.74) is -0.263. The van der Waals surface area contributed by atoms with Gasteiger partial charge in [-0.1, -0.05) is 11.6 Å². The van der Waals surface area contributed by atoms with Crippen molar-refractivity contribution in [3.8, 4) is 5.75 Å². The molecule has 0 unspecified atom stereocenters. The van der Waals surface area contributed by atoms with Crippen molar-refractivity contribution in [3.63, 3.8) is 0 Å². The Kier molecular flexibility index (Phi) is 6.73. The minimum absolute atomic E-state index is 0.0144. The molecule has 0 amide bonds. The maximum absolute atomic E-state index is 15.4. The van der Waals surface area contributed by atoms with Gasteiger partial charge in [0, 0.05) is 29.5 Å². The van der Waals surface area contributed by atoms with Crippen molar-refractivity contribution < 1.29 is 26.7 Å². The minimum Gasteiger partial charge on any atom is -0.490 e. The molecule has 5 rings (SSSR count). The summed E-state index contributed by atoms with van der Waals surface area (Å²) in [6.45, 7) is -0.0510. The Labute approximate surface area is 211 Å². The second-order valence-electron chi connectivity index (χ2n) is 8.34. The van der Waals surface area contributed by atoms with Gasteiger partial charge in [0.2, 0.25) is 0 Å². The van der Waals surface area contributed by atoms with Gasteiger partial charge < -0.3 is 9.47 Å². The molecule has 0 N–H and O–H groups in total. The van der Waals surface area contributed by atoms with Crippen LogP contribution in [0.3, 0.4) is 0 Å². The van der Waals surface area contributed by atoms with Gasteiger partial charge in [-0.05, 0) is 55.3 Å². The van der Waals surface area contributed by atoms with Crippen LogP contribution in [0.5, 0.6) is 5.75 Å². The number of thioether (sulfide) groups is 1. The molecule has 1 aromatic heterocycles. The summed E-state index contributed by atoms with van der Waals surface area (Å²) >= 11 is 7.46. The van der Waals surface area contributed by atoms with E-state index >= 15 is 4.39 Å². The number of aromatic nitrogens is 2. The molecule has 0 radical (unpaired) electrons. The average molecular weight is 539 g/mol. The van der Waals surface area contributed by atoms with Gasteiger partial charge in [0.25, 0.3) is 0 Å². The molecule has 2 aliphatic heterocycles. The van der Waals surface area contributed by atoms with Gasteiger partial charge in [-0.3, -0.25) is 0 Å². The Hall–Kier alpha value is -2.27. The van der Waals surface area contributed by atoms with Crippen LogP contribution >= 0.6 is 23.4 Å². The average Bonchev–Trinajstić information content (AvgIpc) is 2.86. The van der Waals surface area contributed by atoms with Gasteiger partial charge in [-0.2, -0.15) is 0 Å². The zero-order valence-electron chi connectivity index (χ0n) is 18.4. The molecule has 2 aliphatic rings. The topological polar surface area (TPSA) is 78.4 Å². The van der Waals surface area contributed by atoms with Crippen LogP contribution in [0.2, 0.25) is 5.02 Å². The van der Waals surface area contributed by atoms with Crippen LogP contribution in [-0.2, 0) is 19.3 Å². The van der Waals surface area contributed by atoms with Crippen molar-refractivity contribution in [2.24, 2.45) is 5.92 Å². The molecule has 0 spiro atoms. The lowest BCUT2D eigenvalue weighted by Crippen LogP contribution is -2.57. The number of halogens is 3. The lowest BCUT2D eigenvalue weighted by molar-refractivity contribution is -0.0731. The fourth-order valence-corrected chi connectivity index (χ4v) is 8.29. The van der Waals surface area contributed by atoms with E-state index in [2.05, 4.69) is 9.97 Å². The van der Waals surface area contributed by atoms with Gasteiger partial charge >= 0.3 is 0 Å². The number of hydrogen-bond donors (Lipinski definition) is 0. The zero-order chi connectivity index (χ0) is 24.6. The Balaban J connectivity index is 1.58. The summed E-state index contributed by atoms with van der Waals surface area (Å²) in [6.07, 6.45) is 2.96. The van der Waals surface area contributed by atoms with Crippen LogP contribution in [0.1, 0.15) is 18.4 Å². The Morgan fingerprint density at radius 3 is 2.63 bits per heavy atom. The highest BCUT2D eigenvalue weighted by atomic mass is 35.5. The van der Waals surface area contributed by atoms with Gasteiger partial charge in [0.05, 0.1) is 28.2 Å². The molecule has 3 heterocycles. The number of nitrogens with zero attached hydrogens (tertiary/aromatic N) is 2. The van der Waals surface area contributed by atoms with Crippen LogP contribution in [0.15, 0.2) is 64.9 Å². The Morgan fingerprint density at radius 2 is 1.89 bits per heavy atom. The Bertz CT molecular complexity index is 1330. The molecule has 1 fully saturated rings. The molecule has 3 aromatic rings. The second kappa shape index (κ2) is 9.65. The standard InChI is InChI=1S/C24H21ClF2N2O4S2/c25-15-1-3-16(4-2-15)35(30,31)24-9-11-32-20(8-12-34-21-7-10-28-14-29-21)17(24)13-33-23-19(27)6-5-18(26)22(23)24/h1-7,10,14,17,20H,8-9,11-13H2/t17-,20-,24-/m0/s1. The summed E-state index contributed by atoms with van der Waals surface area (Å²) in [7, 11) is -4.22. The highest BCUT2D eigenvalue weighted by Gasteiger charge is 2.61. The lowest BCUT2D eigenvalue weighted by Gasteiger charge is -2.50. The number of benzene rings is 2. The SMILES string of the molecule is O=S(=O)(c1ccc(Cl)cc1)[C@@]12CCO[C@@H](CCSc3ccncn3)[C@@H]1COc1c(F)ccc(F)c12. The fraction of sp³-hybridized carbons (Fsp3) is 0.333. The second-order valence-corrected chi connectivity index (χ2v) is 12.1. The van der Waals surface area contributed by atoms with E-state index in [9.17, 15) is 12.8 Å². The van der Waals surface area contributed by atoms with Crippen LogP contribution in [0.25, 0.3) is 0 Å². The predicted molar refractivity (Wildman–Crippen MR) is 127 cm³/mol. The number of sulfone groups is 1. The molecule has 1 saturated heterocycles. The van der Waals surface area contributed by atoms with E-state index in [1.54, 1.807) is 12.3 Å². The van der Waals surface area contributed by atoms with E-state index in [4.69, 9.17) is 21.1 Å². The van der Waals surface area contributed by atoms with E-state index < -0.39 is 38.2 Å². The first kappa shape index (κ1) is 24.4. The maximum atomic E-state index is 15.4. The minimum atomic E-state index is -4.22. The van der Waals surface area contributed by atoms with Crippen LogP contribution in [0, 0.1) is 17.6 Å². The number of rotatable bonds is 6. The third-order valence-corrected chi connectivity index (χ3v) is 10.3. The van der Waals surface area contributed by atoms with Crippen LogP contribution < -0.4 is 4.74 Å². The molecule has 0 saturated carbocycles. The Morgan fingerprint density at radius 1 is 1.11 bits per heavy atom. The number of hydrogen-bond acceptors (Lipinski definition) is 7. The molecule has 6 nitrogen and oxygen atoms in total. The van der Waals surface area contributed by atoms with E-state index in [1.165, 1.54) is 42.4 Å². The van der Waals surface area contributed by atoms with E-state index in [1.807, 2.05) is 0 Å². The molecule has 11 heteroatoms. The highest BCUT2D eigenvalue weighted by molar-refractivity contribution is 7.99. The summed E-state index contributed by atoms with van der Waals surface area (Å²) in [6, 6.07) is 9.41. The van der Waals surface area contributed by atoms with Gasteiger partial charge in [-0.15, -0.1) is 11.8 Å². The molecular formula is C24H21ClF2N2O4S2. The van der Waals surface area contributed by atoms with E-state index in [-0.39, 0.29) is 35.8 Å².